The molecule has 0 aromatic carbocycles. The van der Waals surface area contributed by atoms with Crippen LogP contribution in [-0.4, -0.2) is 56.5 Å². The van der Waals surface area contributed by atoms with Gasteiger partial charge < -0.3 is 20.1 Å². The number of aromatic nitrogens is 1. The SMILES string of the molecule is CCNC(=NCCCOCC1CCCO1)NCCc1nc(C(F)(F)F)cs1.I. The molecule has 0 saturated carbocycles. The number of hydrogen-bond acceptors (Lipinski definition) is 5. The summed E-state index contributed by atoms with van der Waals surface area (Å²) in [7, 11) is 0. The summed E-state index contributed by atoms with van der Waals surface area (Å²) in [6.45, 7) is 5.82. The number of ether oxygens (including phenoxy) is 2. The summed E-state index contributed by atoms with van der Waals surface area (Å²) in [4.78, 5) is 8.06. The van der Waals surface area contributed by atoms with Gasteiger partial charge in [-0.15, -0.1) is 35.3 Å². The highest BCUT2D eigenvalue weighted by atomic mass is 127. The Bertz CT molecular complexity index is 581. The molecule has 1 aliphatic rings. The molecule has 0 bridgehead atoms. The van der Waals surface area contributed by atoms with Gasteiger partial charge in [0, 0.05) is 44.6 Å². The van der Waals surface area contributed by atoms with Crippen molar-refractivity contribution in [2.45, 2.75) is 44.9 Å². The third-order valence-electron chi connectivity index (χ3n) is 3.86. The van der Waals surface area contributed by atoms with Crippen LogP contribution in [0.4, 0.5) is 13.2 Å². The molecule has 1 atom stereocenters. The number of hydrogen-bond donors (Lipinski definition) is 2. The molecule has 6 nitrogen and oxygen atoms in total. The minimum Gasteiger partial charge on any atom is -0.379 e. The molecule has 1 unspecified atom stereocenters. The molecular weight excluding hydrogens is 508 g/mol. The van der Waals surface area contributed by atoms with E-state index in [2.05, 4.69) is 20.6 Å². The maximum Gasteiger partial charge on any atom is 0.434 e. The van der Waals surface area contributed by atoms with Crippen LogP contribution in [-0.2, 0) is 22.1 Å². The first kappa shape index (κ1) is 25.4. The summed E-state index contributed by atoms with van der Waals surface area (Å²) in [5, 5.41) is 7.73. The van der Waals surface area contributed by atoms with Crippen molar-refractivity contribution < 1.29 is 22.6 Å². The van der Waals surface area contributed by atoms with E-state index in [-0.39, 0.29) is 30.1 Å². The van der Waals surface area contributed by atoms with Crippen molar-refractivity contribution in [1.29, 1.82) is 0 Å². The van der Waals surface area contributed by atoms with Crippen molar-refractivity contribution in [2.75, 3.05) is 39.5 Å². The Morgan fingerprint density at radius 1 is 1.43 bits per heavy atom. The standard InChI is InChI=1S/C17H27F3N4O2S.HI/c1-2-21-16(22-7-4-9-25-11-13-5-3-10-26-13)23-8-6-15-24-14(12-27-15)17(18,19)20;/h12-13H,2-11H2,1H3,(H2,21,22,23);1H. The van der Waals surface area contributed by atoms with Gasteiger partial charge in [0.15, 0.2) is 11.7 Å². The molecule has 1 saturated heterocycles. The van der Waals surface area contributed by atoms with Gasteiger partial charge in [-0.3, -0.25) is 4.99 Å². The van der Waals surface area contributed by atoms with E-state index in [1.165, 1.54) is 0 Å². The lowest BCUT2D eigenvalue weighted by Crippen LogP contribution is -2.38. The van der Waals surface area contributed by atoms with Crippen LogP contribution in [0.15, 0.2) is 10.4 Å². The van der Waals surface area contributed by atoms with Crippen molar-refractivity contribution in [3.63, 3.8) is 0 Å². The Kier molecular flexibility index (Phi) is 12.3. The van der Waals surface area contributed by atoms with Gasteiger partial charge in [-0.25, -0.2) is 4.98 Å². The fourth-order valence-electron chi connectivity index (χ4n) is 2.53. The van der Waals surface area contributed by atoms with E-state index in [1.54, 1.807) is 0 Å². The van der Waals surface area contributed by atoms with Gasteiger partial charge in [0.2, 0.25) is 0 Å². The molecule has 28 heavy (non-hydrogen) atoms. The van der Waals surface area contributed by atoms with E-state index in [0.717, 1.165) is 42.6 Å². The van der Waals surface area contributed by atoms with E-state index in [1.807, 2.05) is 6.92 Å². The van der Waals surface area contributed by atoms with Crippen LogP contribution in [0.3, 0.4) is 0 Å². The average Bonchev–Trinajstić information content (AvgIpc) is 3.29. The molecular formula is C17H28F3IN4O2S. The van der Waals surface area contributed by atoms with E-state index < -0.39 is 11.9 Å². The predicted octanol–water partition coefficient (Wildman–Crippen LogP) is 3.46. The lowest BCUT2D eigenvalue weighted by atomic mass is 10.2. The number of halogens is 4. The van der Waals surface area contributed by atoms with Gasteiger partial charge in [-0.05, 0) is 26.2 Å². The summed E-state index contributed by atoms with van der Waals surface area (Å²) >= 11 is 1.02. The largest absolute Gasteiger partial charge is 0.434 e. The van der Waals surface area contributed by atoms with Crippen LogP contribution < -0.4 is 10.6 Å². The predicted molar refractivity (Wildman–Crippen MR) is 115 cm³/mol. The Morgan fingerprint density at radius 2 is 2.25 bits per heavy atom. The molecule has 1 aromatic rings. The Morgan fingerprint density at radius 3 is 2.89 bits per heavy atom. The number of rotatable bonds is 10. The number of nitrogens with one attached hydrogen (secondary N) is 2. The molecule has 0 spiro atoms. The van der Waals surface area contributed by atoms with Crippen LogP contribution >= 0.6 is 35.3 Å². The van der Waals surface area contributed by atoms with Crippen molar-refractivity contribution >= 4 is 41.3 Å². The number of aliphatic imine (C=N–C) groups is 1. The molecule has 2 N–H and O–H groups in total. The normalized spacial score (nSPS) is 17.4. The Balaban J connectivity index is 0.00000392. The van der Waals surface area contributed by atoms with Gasteiger partial charge in [-0.1, -0.05) is 0 Å². The van der Waals surface area contributed by atoms with Crippen LogP contribution in [0.2, 0.25) is 0 Å². The molecule has 1 fully saturated rings. The first-order valence-corrected chi connectivity index (χ1v) is 10.1. The molecule has 1 aromatic heterocycles. The van der Waals surface area contributed by atoms with Crippen LogP contribution in [0.1, 0.15) is 36.9 Å². The smallest absolute Gasteiger partial charge is 0.379 e. The van der Waals surface area contributed by atoms with Crippen molar-refractivity contribution in [1.82, 2.24) is 15.6 Å². The van der Waals surface area contributed by atoms with E-state index in [4.69, 9.17) is 9.47 Å². The summed E-state index contributed by atoms with van der Waals surface area (Å²) in [6.07, 6.45) is -0.772. The summed E-state index contributed by atoms with van der Waals surface area (Å²) in [6, 6.07) is 0. The number of guanidine groups is 1. The van der Waals surface area contributed by atoms with E-state index in [0.29, 0.717) is 50.2 Å². The van der Waals surface area contributed by atoms with Gasteiger partial charge in [-0.2, -0.15) is 13.2 Å². The first-order valence-electron chi connectivity index (χ1n) is 9.22. The molecule has 2 heterocycles. The second kappa shape index (κ2) is 13.5. The number of alkyl halides is 3. The third kappa shape index (κ3) is 9.70. The average molecular weight is 536 g/mol. The summed E-state index contributed by atoms with van der Waals surface area (Å²) < 4.78 is 48.7. The number of thiazole rings is 1. The van der Waals surface area contributed by atoms with Gasteiger partial charge in [0.25, 0.3) is 0 Å². The third-order valence-corrected chi connectivity index (χ3v) is 4.77. The Hall–Kier alpha value is -0.660. The zero-order valence-corrected chi connectivity index (χ0v) is 19.0. The molecule has 2 rings (SSSR count). The topological polar surface area (TPSA) is 67.8 Å². The fourth-order valence-corrected chi connectivity index (χ4v) is 3.34. The lowest BCUT2D eigenvalue weighted by molar-refractivity contribution is -0.140. The monoisotopic (exact) mass is 536 g/mol. The van der Waals surface area contributed by atoms with E-state index >= 15 is 0 Å². The van der Waals surface area contributed by atoms with Crippen molar-refractivity contribution in [2.24, 2.45) is 4.99 Å². The van der Waals surface area contributed by atoms with Gasteiger partial charge in [0.05, 0.1) is 17.7 Å². The Labute approximate surface area is 184 Å². The molecule has 162 valence electrons. The first-order chi connectivity index (χ1) is 13.0. The molecule has 0 amide bonds. The zero-order chi connectivity index (χ0) is 19.5. The lowest BCUT2D eigenvalue weighted by Gasteiger charge is -2.11. The minimum atomic E-state index is -4.38. The molecule has 0 radical (unpaired) electrons. The summed E-state index contributed by atoms with van der Waals surface area (Å²) in [5.74, 6) is 0.643. The highest BCUT2D eigenvalue weighted by molar-refractivity contribution is 14.0. The van der Waals surface area contributed by atoms with Crippen LogP contribution in [0.5, 0.6) is 0 Å². The van der Waals surface area contributed by atoms with Crippen molar-refractivity contribution in [3.8, 4) is 0 Å². The second-order valence-electron chi connectivity index (χ2n) is 6.13. The fraction of sp³-hybridized carbons (Fsp3) is 0.765. The van der Waals surface area contributed by atoms with Crippen LogP contribution in [0, 0.1) is 0 Å². The zero-order valence-electron chi connectivity index (χ0n) is 15.9. The minimum absolute atomic E-state index is 0. The second-order valence-corrected chi connectivity index (χ2v) is 7.07. The molecule has 1 aliphatic heterocycles. The maximum atomic E-state index is 12.5. The molecule has 0 aliphatic carbocycles. The van der Waals surface area contributed by atoms with Gasteiger partial charge >= 0.3 is 6.18 Å². The van der Waals surface area contributed by atoms with Gasteiger partial charge in [0.1, 0.15) is 0 Å². The molecule has 11 heteroatoms. The van der Waals surface area contributed by atoms with Crippen molar-refractivity contribution in [3.05, 3.63) is 16.1 Å². The maximum absolute atomic E-state index is 12.5. The highest BCUT2D eigenvalue weighted by Gasteiger charge is 2.33. The van der Waals surface area contributed by atoms with Crippen LogP contribution in [0.25, 0.3) is 0 Å². The highest BCUT2D eigenvalue weighted by Crippen LogP contribution is 2.29. The number of nitrogens with zero attached hydrogens (tertiary/aromatic N) is 2. The quantitative estimate of drug-likeness (QED) is 0.208. The van der Waals surface area contributed by atoms with E-state index in [9.17, 15) is 13.2 Å². The summed E-state index contributed by atoms with van der Waals surface area (Å²) in [5.41, 5.74) is -0.828.